The highest BCUT2D eigenvalue weighted by Gasteiger charge is 2.10. The molecule has 1 unspecified atom stereocenters. The Bertz CT molecular complexity index is 292. The van der Waals surface area contributed by atoms with Crippen molar-refractivity contribution in [2.24, 2.45) is 10.9 Å². The lowest BCUT2D eigenvalue weighted by Crippen LogP contribution is -2.10. The average Bonchev–Trinajstić information content (AvgIpc) is 2.18. The average molecular weight is 175 g/mol. The largest absolute Gasteiger partial charge is 0.272 e. The van der Waals surface area contributed by atoms with E-state index in [4.69, 9.17) is 0 Å². The Morgan fingerprint density at radius 3 is 2.62 bits per heavy atom. The van der Waals surface area contributed by atoms with Crippen LogP contribution in [0, 0.1) is 5.92 Å². The predicted molar refractivity (Wildman–Crippen MR) is 53.9 cm³/mol. The Labute approximate surface area is 78.3 Å². The fraction of sp³-hybridized carbons (Fsp3) is 0.273. The van der Waals surface area contributed by atoms with Crippen LogP contribution in [-0.2, 0) is 11.2 Å². The molecule has 0 N–H and O–H groups in total. The fourth-order valence-corrected chi connectivity index (χ4v) is 1.21. The van der Waals surface area contributed by atoms with Crippen LogP contribution < -0.4 is 0 Å². The van der Waals surface area contributed by atoms with Gasteiger partial charge in [-0.05, 0) is 18.7 Å². The number of aliphatic imine (C=N–C) groups is 1. The molecule has 13 heavy (non-hydrogen) atoms. The molecular weight excluding hydrogens is 162 g/mol. The summed E-state index contributed by atoms with van der Waals surface area (Å²) in [4.78, 5) is 14.5. The van der Waals surface area contributed by atoms with E-state index in [2.05, 4.69) is 11.7 Å². The van der Waals surface area contributed by atoms with Crippen LogP contribution in [0.15, 0.2) is 35.3 Å². The van der Waals surface area contributed by atoms with Crippen molar-refractivity contribution < 1.29 is 4.79 Å². The van der Waals surface area contributed by atoms with Crippen LogP contribution >= 0.6 is 0 Å². The molecule has 0 saturated carbocycles. The Balaban J connectivity index is 2.60. The van der Waals surface area contributed by atoms with Gasteiger partial charge in [0.15, 0.2) is 0 Å². The van der Waals surface area contributed by atoms with E-state index >= 15 is 0 Å². The van der Waals surface area contributed by atoms with Gasteiger partial charge in [0.05, 0.1) is 0 Å². The summed E-state index contributed by atoms with van der Waals surface area (Å²) in [5.41, 5.74) is 1.16. The van der Waals surface area contributed by atoms with Crippen LogP contribution in [0.1, 0.15) is 12.5 Å². The zero-order valence-electron chi connectivity index (χ0n) is 7.73. The maximum atomic E-state index is 11.1. The lowest BCUT2D eigenvalue weighted by atomic mass is 10.0. The summed E-state index contributed by atoms with van der Waals surface area (Å²) >= 11 is 0. The standard InChI is InChI=1S/C11H13NO/c1-9(11(13)12-2)8-10-6-4-3-5-7-10/h3-7,9H,2,8H2,1H3. The normalized spacial score (nSPS) is 12.1. The van der Waals surface area contributed by atoms with Crippen LogP contribution in [0.5, 0.6) is 0 Å². The topological polar surface area (TPSA) is 29.4 Å². The zero-order valence-corrected chi connectivity index (χ0v) is 7.73. The first kappa shape index (κ1) is 9.65. The smallest absolute Gasteiger partial charge is 0.248 e. The number of rotatable bonds is 3. The Kier molecular flexibility index (Phi) is 3.38. The van der Waals surface area contributed by atoms with Crippen molar-refractivity contribution in [1.29, 1.82) is 0 Å². The molecule has 0 bridgehead atoms. The summed E-state index contributed by atoms with van der Waals surface area (Å²) < 4.78 is 0. The fourth-order valence-electron chi connectivity index (χ4n) is 1.21. The van der Waals surface area contributed by atoms with Gasteiger partial charge in [-0.1, -0.05) is 37.3 Å². The maximum Gasteiger partial charge on any atom is 0.248 e. The molecule has 0 heterocycles. The third-order valence-electron chi connectivity index (χ3n) is 1.96. The number of nitrogens with zero attached hydrogens (tertiary/aromatic N) is 1. The quantitative estimate of drug-likeness (QED) is 0.647. The number of hydrogen-bond acceptors (Lipinski definition) is 1. The van der Waals surface area contributed by atoms with E-state index in [1.165, 1.54) is 0 Å². The highest BCUT2D eigenvalue weighted by molar-refractivity contribution is 5.82. The molecule has 1 amide bonds. The summed E-state index contributed by atoms with van der Waals surface area (Å²) in [7, 11) is 0. The van der Waals surface area contributed by atoms with E-state index in [9.17, 15) is 4.79 Å². The summed E-state index contributed by atoms with van der Waals surface area (Å²) in [6.45, 7) is 5.09. The molecule has 0 fully saturated rings. The zero-order chi connectivity index (χ0) is 9.68. The van der Waals surface area contributed by atoms with Crippen LogP contribution in [0.3, 0.4) is 0 Å². The van der Waals surface area contributed by atoms with Crippen molar-refractivity contribution in [3.63, 3.8) is 0 Å². The van der Waals surface area contributed by atoms with Gasteiger partial charge in [0.2, 0.25) is 5.91 Å². The number of hydrogen-bond donors (Lipinski definition) is 0. The number of amides is 1. The van der Waals surface area contributed by atoms with Gasteiger partial charge in [-0.3, -0.25) is 4.79 Å². The monoisotopic (exact) mass is 175 g/mol. The third-order valence-corrected chi connectivity index (χ3v) is 1.96. The molecule has 0 aliphatic carbocycles. The second kappa shape index (κ2) is 4.55. The molecule has 1 atom stereocenters. The van der Waals surface area contributed by atoms with E-state index < -0.39 is 0 Å². The molecule has 68 valence electrons. The van der Waals surface area contributed by atoms with Crippen molar-refractivity contribution in [3.8, 4) is 0 Å². The van der Waals surface area contributed by atoms with Crippen molar-refractivity contribution >= 4 is 12.6 Å². The van der Waals surface area contributed by atoms with Crippen molar-refractivity contribution in [1.82, 2.24) is 0 Å². The molecule has 0 saturated heterocycles. The van der Waals surface area contributed by atoms with E-state index in [1.807, 2.05) is 37.3 Å². The second-order valence-corrected chi connectivity index (χ2v) is 3.09. The highest BCUT2D eigenvalue weighted by atomic mass is 16.1. The van der Waals surface area contributed by atoms with Crippen molar-refractivity contribution in [2.45, 2.75) is 13.3 Å². The van der Waals surface area contributed by atoms with E-state index in [-0.39, 0.29) is 11.8 Å². The summed E-state index contributed by atoms with van der Waals surface area (Å²) in [6.07, 6.45) is 0.735. The molecule has 2 nitrogen and oxygen atoms in total. The van der Waals surface area contributed by atoms with Crippen molar-refractivity contribution in [2.75, 3.05) is 0 Å². The first-order chi connectivity index (χ1) is 6.24. The Morgan fingerprint density at radius 1 is 1.46 bits per heavy atom. The number of benzene rings is 1. The highest BCUT2D eigenvalue weighted by Crippen LogP contribution is 2.08. The van der Waals surface area contributed by atoms with Gasteiger partial charge in [-0.15, -0.1) is 0 Å². The van der Waals surface area contributed by atoms with E-state index in [0.717, 1.165) is 12.0 Å². The molecule has 0 aromatic heterocycles. The minimum absolute atomic E-state index is 0.0695. The molecule has 0 aliphatic rings. The van der Waals surface area contributed by atoms with Crippen LogP contribution in [-0.4, -0.2) is 12.6 Å². The Hall–Kier alpha value is -1.44. The van der Waals surface area contributed by atoms with Crippen LogP contribution in [0.2, 0.25) is 0 Å². The lowest BCUT2D eigenvalue weighted by molar-refractivity contribution is -0.120. The minimum Gasteiger partial charge on any atom is -0.272 e. The molecule has 1 aromatic carbocycles. The first-order valence-corrected chi connectivity index (χ1v) is 4.28. The number of carbonyl (C=O) groups is 1. The molecule has 0 spiro atoms. The second-order valence-electron chi connectivity index (χ2n) is 3.09. The third kappa shape index (κ3) is 2.82. The predicted octanol–water partition coefficient (Wildman–Crippen LogP) is 2.09. The first-order valence-electron chi connectivity index (χ1n) is 4.28. The minimum atomic E-state index is -0.135. The summed E-state index contributed by atoms with van der Waals surface area (Å²) in [5.74, 6) is -0.205. The molecule has 2 heteroatoms. The maximum absolute atomic E-state index is 11.1. The Morgan fingerprint density at radius 2 is 2.08 bits per heavy atom. The molecular formula is C11H13NO. The van der Waals surface area contributed by atoms with Gasteiger partial charge in [-0.2, -0.15) is 0 Å². The SMILES string of the molecule is C=NC(=O)C(C)Cc1ccccc1. The van der Waals surface area contributed by atoms with Gasteiger partial charge in [0.1, 0.15) is 0 Å². The molecule has 0 radical (unpaired) electrons. The number of carbonyl (C=O) groups excluding carboxylic acids is 1. The van der Waals surface area contributed by atoms with Crippen LogP contribution in [0.25, 0.3) is 0 Å². The van der Waals surface area contributed by atoms with Gasteiger partial charge in [0, 0.05) is 5.92 Å². The van der Waals surface area contributed by atoms with E-state index in [1.54, 1.807) is 0 Å². The molecule has 1 aromatic rings. The van der Waals surface area contributed by atoms with Gasteiger partial charge >= 0.3 is 0 Å². The van der Waals surface area contributed by atoms with Gasteiger partial charge in [0.25, 0.3) is 0 Å². The van der Waals surface area contributed by atoms with E-state index in [0.29, 0.717) is 0 Å². The summed E-state index contributed by atoms with van der Waals surface area (Å²) in [5, 5.41) is 0. The molecule has 0 aliphatic heterocycles. The summed E-state index contributed by atoms with van der Waals surface area (Å²) in [6, 6.07) is 9.91. The molecule has 1 rings (SSSR count). The lowest BCUT2D eigenvalue weighted by Gasteiger charge is -2.05. The van der Waals surface area contributed by atoms with Gasteiger partial charge in [-0.25, -0.2) is 4.99 Å². The van der Waals surface area contributed by atoms with Crippen molar-refractivity contribution in [3.05, 3.63) is 35.9 Å². The van der Waals surface area contributed by atoms with Crippen LogP contribution in [0.4, 0.5) is 0 Å². The van der Waals surface area contributed by atoms with Gasteiger partial charge < -0.3 is 0 Å².